The second-order valence-electron chi connectivity index (χ2n) is 7.71. The van der Waals surface area contributed by atoms with E-state index in [2.05, 4.69) is 5.32 Å². The Morgan fingerprint density at radius 3 is 2.24 bits per heavy atom. The van der Waals surface area contributed by atoms with E-state index in [-0.39, 0.29) is 23.9 Å². The number of hydrogen-bond donors (Lipinski definition) is 1. The molecule has 1 N–H and O–H groups in total. The predicted molar refractivity (Wildman–Crippen MR) is 127 cm³/mol. The van der Waals surface area contributed by atoms with Crippen LogP contribution in [0.3, 0.4) is 0 Å². The SMILES string of the molecule is COC(=O)c1c(NC(=O)c2cc(CN3C(=O)c4ccccc4C3=O)ccc2OC)sc(C)c1C. The fourth-order valence-corrected chi connectivity index (χ4v) is 4.87. The minimum Gasteiger partial charge on any atom is -0.496 e. The van der Waals surface area contributed by atoms with Crippen LogP contribution in [0.25, 0.3) is 0 Å². The van der Waals surface area contributed by atoms with Crippen LogP contribution >= 0.6 is 11.3 Å². The lowest BCUT2D eigenvalue weighted by Crippen LogP contribution is -2.29. The molecule has 34 heavy (non-hydrogen) atoms. The lowest BCUT2D eigenvalue weighted by atomic mass is 10.1. The van der Waals surface area contributed by atoms with Gasteiger partial charge in [0.15, 0.2) is 0 Å². The van der Waals surface area contributed by atoms with Crippen molar-refractivity contribution in [2.24, 2.45) is 0 Å². The highest BCUT2D eigenvalue weighted by atomic mass is 32.1. The maximum Gasteiger partial charge on any atom is 0.341 e. The number of amides is 3. The van der Waals surface area contributed by atoms with Gasteiger partial charge in [0.25, 0.3) is 17.7 Å². The fraction of sp³-hybridized carbons (Fsp3) is 0.200. The number of methoxy groups -OCH3 is 2. The predicted octanol–water partition coefficient (Wildman–Crippen LogP) is 4.21. The Bertz CT molecular complexity index is 1310. The van der Waals surface area contributed by atoms with Gasteiger partial charge >= 0.3 is 5.97 Å². The molecule has 1 aromatic heterocycles. The molecule has 0 spiro atoms. The van der Waals surface area contributed by atoms with Crippen LogP contribution in [0.5, 0.6) is 5.75 Å². The minimum atomic E-state index is -0.538. The van der Waals surface area contributed by atoms with Crippen LogP contribution in [-0.2, 0) is 11.3 Å². The summed E-state index contributed by atoms with van der Waals surface area (Å²) < 4.78 is 10.2. The van der Waals surface area contributed by atoms with Crippen molar-refractivity contribution in [3.8, 4) is 5.75 Å². The van der Waals surface area contributed by atoms with E-state index in [0.717, 1.165) is 15.3 Å². The van der Waals surface area contributed by atoms with Crippen molar-refractivity contribution in [3.63, 3.8) is 0 Å². The van der Waals surface area contributed by atoms with Crippen LogP contribution in [0.1, 0.15) is 57.4 Å². The summed E-state index contributed by atoms with van der Waals surface area (Å²) in [5.74, 6) is -1.48. The molecule has 0 aliphatic carbocycles. The Kier molecular flexibility index (Phi) is 6.21. The van der Waals surface area contributed by atoms with E-state index in [9.17, 15) is 19.2 Å². The number of ether oxygens (including phenoxy) is 2. The number of nitrogens with zero attached hydrogens (tertiary/aromatic N) is 1. The van der Waals surface area contributed by atoms with Crippen molar-refractivity contribution >= 4 is 40.0 Å². The van der Waals surface area contributed by atoms with Gasteiger partial charge in [-0.05, 0) is 49.2 Å². The highest BCUT2D eigenvalue weighted by molar-refractivity contribution is 7.16. The van der Waals surface area contributed by atoms with E-state index in [1.807, 2.05) is 6.92 Å². The van der Waals surface area contributed by atoms with Crippen molar-refractivity contribution in [1.82, 2.24) is 4.90 Å². The fourth-order valence-electron chi connectivity index (χ4n) is 3.83. The molecule has 0 saturated heterocycles. The number of benzene rings is 2. The molecular weight excluding hydrogens is 456 g/mol. The molecule has 1 aliphatic rings. The largest absolute Gasteiger partial charge is 0.496 e. The summed E-state index contributed by atoms with van der Waals surface area (Å²) in [5, 5.41) is 3.16. The molecule has 0 saturated carbocycles. The monoisotopic (exact) mass is 478 g/mol. The van der Waals surface area contributed by atoms with Gasteiger partial charge in [-0.1, -0.05) is 18.2 Å². The van der Waals surface area contributed by atoms with E-state index in [1.165, 1.54) is 25.6 Å². The molecule has 8 nitrogen and oxygen atoms in total. The number of imide groups is 1. The molecule has 3 amide bonds. The lowest BCUT2D eigenvalue weighted by Gasteiger charge is -2.16. The number of carbonyl (C=O) groups excluding carboxylic acids is 4. The number of esters is 1. The summed E-state index contributed by atoms with van der Waals surface area (Å²) in [7, 11) is 2.72. The Balaban J connectivity index is 1.63. The topological polar surface area (TPSA) is 102 Å². The summed E-state index contributed by atoms with van der Waals surface area (Å²) in [6, 6.07) is 11.5. The molecule has 0 radical (unpaired) electrons. The molecule has 174 valence electrons. The molecule has 2 heterocycles. The third kappa shape index (κ3) is 3.94. The summed E-state index contributed by atoms with van der Waals surface area (Å²) in [6.45, 7) is 3.64. The zero-order valence-corrected chi connectivity index (χ0v) is 19.9. The number of aryl methyl sites for hydroxylation is 1. The molecule has 9 heteroatoms. The Morgan fingerprint density at radius 1 is 1.00 bits per heavy atom. The van der Waals surface area contributed by atoms with Crippen LogP contribution < -0.4 is 10.1 Å². The summed E-state index contributed by atoms with van der Waals surface area (Å²) in [5.41, 5.74) is 2.54. The number of thiophene rings is 1. The number of anilines is 1. The normalized spacial score (nSPS) is 12.5. The zero-order valence-electron chi connectivity index (χ0n) is 19.1. The number of rotatable bonds is 6. The first kappa shape index (κ1) is 23.2. The molecular formula is C25H22N2O6S. The highest BCUT2D eigenvalue weighted by Crippen LogP contribution is 2.34. The van der Waals surface area contributed by atoms with Crippen LogP contribution in [-0.4, -0.2) is 42.8 Å². The van der Waals surface area contributed by atoms with Gasteiger partial charge in [-0.25, -0.2) is 4.79 Å². The molecule has 3 aromatic rings. The molecule has 0 fully saturated rings. The van der Waals surface area contributed by atoms with Gasteiger partial charge in [0.1, 0.15) is 10.8 Å². The van der Waals surface area contributed by atoms with Gasteiger partial charge in [-0.2, -0.15) is 0 Å². The first-order valence-electron chi connectivity index (χ1n) is 10.4. The minimum absolute atomic E-state index is 0.00124. The van der Waals surface area contributed by atoms with Crippen molar-refractivity contribution in [2.75, 3.05) is 19.5 Å². The van der Waals surface area contributed by atoms with E-state index >= 15 is 0 Å². The second-order valence-corrected chi connectivity index (χ2v) is 8.93. The van der Waals surface area contributed by atoms with Crippen molar-refractivity contribution in [1.29, 1.82) is 0 Å². The van der Waals surface area contributed by atoms with Gasteiger partial charge < -0.3 is 14.8 Å². The third-order valence-corrected chi connectivity index (χ3v) is 6.85. The summed E-state index contributed by atoms with van der Waals surface area (Å²) in [6.07, 6.45) is 0. The Labute approximate surface area is 200 Å². The van der Waals surface area contributed by atoms with E-state index in [4.69, 9.17) is 9.47 Å². The van der Waals surface area contributed by atoms with Crippen molar-refractivity contribution in [2.45, 2.75) is 20.4 Å². The average Bonchev–Trinajstić information content (AvgIpc) is 3.25. The second kappa shape index (κ2) is 9.11. The third-order valence-electron chi connectivity index (χ3n) is 5.73. The van der Waals surface area contributed by atoms with Gasteiger partial charge in [0.2, 0.25) is 0 Å². The summed E-state index contributed by atoms with van der Waals surface area (Å²) >= 11 is 1.27. The van der Waals surface area contributed by atoms with Crippen molar-refractivity contribution < 1.29 is 28.7 Å². The van der Waals surface area contributed by atoms with Gasteiger partial charge in [0, 0.05) is 4.88 Å². The molecule has 0 bridgehead atoms. The first-order chi connectivity index (χ1) is 16.3. The summed E-state index contributed by atoms with van der Waals surface area (Å²) in [4.78, 5) is 52.9. The van der Waals surface area contributed by atoms with E-state index in [0.29, 0.717) is 33.0 Å². The molecule has 4 rings (SSSR count). The number of hydrogen-bond acceptors (Lipinski definition) is 7. The molecule has 0 unspecified atom stereocenters. The maximum atomic E-state index is 13.2. The lowest BCUT2D eigenvalue weighted by molar-refractivity contribution is 0.0598. The molecule has 2 aromatic carbocycles. The van der Waals surface area contributed by atoms with Gasteiger partial charge in [-0.15, -0.1) is 11.3 Å². The Hall–Kier alpha value is -3.98. The molecule has 0 atom stereocenters. The van der Waals surface area contributed by atoms with Crippen LogP contribution in [0, 0.1) is 13.8 Å². The van der Waals surface area contributed by atoms with Crippen LogP contribution in [0.2, 0.25) is 0 Å². The number of fused-ring (bicyclic) bond motifs is 1. The highest BCUT2D eigenvalue weighted by Gasteiger charge is 2.35. The number of nitrogens with one attached hydrogen (secondary N) is 1. The average molecular weight is 479 g/mol. The standard InChI is InChI=1S/C25H22N2O6S/c1-13-14(2)34-22(20(13)25(31)33-4)26-21(28)18-11-15(9-10-19(18)32-3)12-27-23(29)16-7-5-6-8-17(16)24(27)30/h5-11H,12H2,1-4H3,(H,26,28). The smallest absolute Gasteiger partial charge is 0.341 e. The van der Waals surface area contributed by atoms with Crippen LogP contribution in [0.15, 0.2) is 42.5 Å². The van der Waals surface area contributed by atoms with Gasteiger partial charge in [0.05, 0.1) is 43.0 Å². The Morgan fingerprint density at radius 2 is 1.65 bits per heavy atom. The zero-order chi connectivity index (χ0) is 24.6. The first-order valence-corrected chi connectivity index (χ1v) is 11.2. The number of carbonyl (C=O) groups is 4. The maximum absolute atomic E-state index is 13.2. The van der Waals surface area contributed by atoms with E-state index in [1.54, 1.807) is 49.4 Å². The van der Waals surface area contributed by atoms with Crippen molar-refractivity contribution in [3.05, 3.63) is 80.7 Å². The molecule has 1 aliphatic heterocycles. The van der Waals surface area contributed by atoms with Crippen LogP contribution in [0.4, 0.5) is 5.00 Å². The van der Waals surface area contributed by atoms with E-state index < -0.39 is 11.9 Å². The van der Waals surface area contributed by atoms with Gasteiger partial charge in [-0.3, -0.25) is 19.3 Å². The quantitative estimate of drug-likeness (QED) is 0.421.